The number of rotatable bonds is 3. The second-order valence-corrected chi connectivity index (χ2v) is 5.21. The molecule has 0 radical (unpaired) electrons. The van der Waals surface area contributed by atoms with E-state index < -0.39 is 5.82 Å². The second kappa shape index (κ2) is 5.66. The van der Waals surface area contributed by atoms with Crippen LogP contribution in [0.15, 0.2) is 48.8 Å². The van der Waals surface area contributed by atoms with Crippen molar-refractivity contribution >= 4 is 28.3 Å². The van der Waals surface area contributed by atoms with Crippen molar-refractivity contribution in [2.75, 3.05) is 5.32 Å². The fraction of sp³-hybridized carbons (Fsp3) is 0.125. The summed E-state index contributed by atoms with van der Waals surface area (Å²) in [4.78, 5) is 8.51. The molecule has 1 unspecified atom stereocenters. The molecule has 0 fully saturated rings. The molecule has 0 amide bonds. The molecule has 106 valence electrons. The molecule has 2 aromatic carbocycles. The fourth-order valence-electron chi connectivity index (χ4n) is 2.17. The molecule has 0 aliphatic heterocycles. The smallest absolute Gasteiger partial charge is 0.141 e. The molecule has 1 aromatic heterocycles. The average Bonchev–Trinajstić information content (AvgIpc) is 2.50. The molecular weight excluding hydrogens is 289 g/mol. The SMILES string of the molecule is CC(Nc1ccc2nccnc2c1)c1ccc(F)c(Cl)c1. The first kappa shape index (κ1) is 13.8. The monoisotopic (exact) mass is 301 g/mol. The van der Waals surface area contributed by atoms with E-state index in [0.29, 0.717) is 0 Å². The lowest BCUT2D eigenvalue weighted by Gasteiger charge is -2.16. The van der Waals surface area contributed by atoms with Gasteiger partial charge in [0.1, 0.15) is 5.82 Å². The van der Waals surface area contributed by atoms with Crippen LogP contribution in [-0.2, 0) is 0 Å². The van der Waals surface area contributed by atoms with Crippen molar-refractivity contribution in [1.82, 2.24) is 9.97 Å². The third-order valence-corrected chi connectivity index (χ3v) is 3.59. The maximum Gasteiger partial charge on any atom is 0.141 e. The molecule has 1 heterocycles. The lowest BCUT2D eigenvalue weighted by molar-refractivity contribution is 0.627. The number of fused-ring (bicyclic) bond motifs is 1. The molecule has 0 aliphatic carbocycles. The van der Waals surface area contributed by atoms with Gasteiger partial charge in [0.25, 0.3) is 0 Å². The summed E-state index contributed by atoms with van der Waals surface area (Å²) in [7, 11) is 0. The van der Waals surface area contributed by atoms with Crippen LogP contribution in [-0.4, -0.2) is 9.97 Å². The normalized spacial score (nSPS) is 12.3. The van der Waals surface area contributed by atoms with Gasteiger partial charge in [0.15, 0.2) is 0 Å². The summed E-state index contributed by atoms with van der Waals surface area (Å²) in [5.41, 5.74) is 3.52. The Labute approximate surface area is 126 Å². The number of aromatic nitrogens is 2. The average molecular weight is 302 g/mol. The number of nitrogens with one attached hydrogen (secondary N) is 1. The molecule has 0 bridgehead atoms. The largest absolute Gasteiger partial charge is 0.378 e. The van der Waals surface area contributed by atoms with Gasteiger partial charge in [-0.3, -0.25) is 9.97 Å². The highest BCUT2D eigenvalue weighted by molar-refractivity contribution is 6.30. The Morgan fingerprint density at radius 3 is 2.57 bits per heavy atom. The summed E-state index contributed by atoms with van der Waals surface area (Å²) in [6.07, 6.45) is 3.33. The van der Waals surface area contributed by atoms with E-state index in [1.807, 2.05) is 25.1 Å². The fourth-order valence-corrected chi connectivity index (χ4v) is 2.36. The number of anilines is 1. The topological polar surface area (TPSA) is 37.8 Å². The molecule has 3 nitrogen and oxygen atoms in total. The van der Waals surface area contributed by atoms with Crippen molar-refractivity contribution in [2.45, 2.75) is 13.0 Å². The van der Waals surface area contributed by atoms with E-state index in [4.69, 9.17) is 11.6 Å². The quantitative estimate of drug-likeness (QED) is 0.768. The second-order valence-electron chi connectivity index (χ2n) is 4.80. The van der Waals surface area contributed by atoms with Gasteiger partial charge in [0, 0.05) is 24.1 Å². The van der Waals surface area contributed by atoms with Gasteiger partial charge in [-0.05, 0) is 42.8 Å². The van der Waals surface area contributed by atoms with Crippen LogP contribution >= 0.6 is 11.6 Å². The van der Waals surface area contributed by atoms with Crippen molar-refractivity contribution in [3.63, 3.8) is 0 Å². The van der Waals surface area contributed by atoms with Crippen molar-refractivity contribution in [1.29, 1.82) is 0 Å². The van der Waals surface area contributed by atoms with Crippen molar-refractivity contribution in [2.24, 2.45) is 0 Å². The molecule has 0 saturated carbocycles. The molecule has 0 aliphatic rings. The zero-order chi connectivity index (χ0) is 14.8. The Bertz CT molecular complexity index is 791. The Hall–Kier alpha value is -2.20. The third-order valence-electron chi connectivity index (χ3n) is 3.30. The molecule has 0 spiro atoms. The number of halogens is 2. The highest BCUT2D eigenvalue weighted by Crippen LogP contribution is 2.24. The van der Waals surface area contributed by atoms with Crippen LogP contribution < -0.4 is 5.32 Å². The zero-order valence-corrected chi connectivity index (χ0v) is 12.1. The van der Waals surface area contributed by atoms with Gasteiger partial charge in [-0.1, -0.05) is 17.7 Å². The number of benzene rings is 2. The third kappa shape index (κ3) is 2.95. The number of hydrogen-bond acceptors (Lipinski definition) is 3. The lowest BCUT2D eigenvalue weighted by atomic mass is 10.1. The summed E-state index contributed by atoms with van der Waals surface area (Å²) in [5, 5.41) is 3.48. The van der Waals surface area contributed by atoms with Gasteiger partial charge < -0.3 is 5.32 Å². The number of nitrogens with zero attached hydrogens (tertiary/aromatic N) is 2. The Morgan fingerprint density at radius 2 is 1.81 bits per heavy atom. The van der Waals surface area contributed by atoms with Gasteiger partial charge in [-0.2, -0.15) is 0 Å². The Balaban J connectivity index is 1.85. The van der Waals surface area contributed by atoms with E-state index in [-0.39, 0.29) is 11.1 Å². The summed E-state index contributed by atoms with van der Waals surface area (Å²) in [5.74, 6) is -0.409. The Morgan fingerprint density at radius 1 is 1.05 bits per heavy atom. The molecule has 5 heteroatoms. The van der Waals surface area contributed by atoms with E-state index in [0.717, 1.165) is 22.3 Å². The first-order chi connectivity index (χ1) is 10.1. The van der Waals surface area contributed by atoms with Gasteiger partial charge in [0.2, 0.25) is 0 Å². The van der Waals surface area contributed by atoms with E-state index in [9.17, 15) is 4.39 Å². The predicted octanol–water partition coefficient (Wildman–Crippen LogP) is 4.60. The first-order valence-electron chi connectivity index (χ1n) is 6.56. The van der Waals surface area contributed by atoms with Crippen LogP contribution in [0.2, 0.25) is 5.02 Å². The lowest BCUT2D eigenvalue weighted by Crippen LogP contribution is -2.06. The van der Waals surface area contributed by atoms with Crippen molar-refractivity contribution in [3.05, 3.63) is 65.2 Å². The number of hydrogen-bond donors (Lipinski definition) is 1. The van der Waals surface area contributed by atoms with Crippen LogP contribution in [0.3, 0.4) is 0 Å². The van der Waals surface area contributed by atoms with Gasteiger partial charge in [-0.15, -0.1) is 0 Å². The first-order valence-corrected chi connectivity index (χ1v) is 6.93. The van der Waals surface area contributed by atoms with E-state index in [2.05, 4.69) is 15.3 Å². The van der Waals surface area contributed by atoms with Crippen molar-refractivity contribution < 1.29 is 4.39 Å². The molecule has 3 rings (SSSR count). The maximum atomic E-state index is 13.2. The van der Waals surface area contributed by atoms with Crippen molar-refractivity contribution in [3.8, 4) is 0 Å². The predicted molar refractivity (Wildman–Crippen MR) is 83.0 cm³/mol. The van der Waals surface area contributed by atoms with Gasteiger partial charge >= 0.3 is 0 Å². The zero-order valence-electron chi connectivity index (χ0n) is 11.3. The van der Waals surface area contributed by atoms with Crippen LogP contribution in [0.1, 0.15) is 18.5 Å². The minimum atomic E-state index is -0.409. The van der Waals surface area contributed by atoms with Crippen LogP contribution in [0.25, 0.3) is 11.0 Å². The summed E-state index contributed by atoms with van der Waals surface area (Å²) < 4.78 is 13.2. The van der Waals surface area contributed by atoms with Crippen LogP contribution in [0.4, 0.5) is 10.1 Å². The summed E-state index contributed by atoms with van der Waals surface area (Å²) >= 11 is 5.82. The maximum absolute atomic E-state index is 13.2. The Kier molecular flexibility index (Phi) is 3.71. The molecule has 3 aromatic rings. The summed E-state index contributed by atoms with van der Waals surface area (Å²) in [6.45, 7) is 1.99. The van der Waals surface area contributed by atoms with E-state index in [1.54, 1.807) is 24.5 Å². The molecule has 0 saturated heterocycles. The highest BCUT2D eigenvalue weighted by atomic mass is 35.5. The van der Waals surface area contributed by atoms with E-state index in [1.165, 1.54) is 6.07 Å². The highest BCUT2D eigenvalue weighted by Gasteiger charge is 2.09. The minimum absolute atomic E-state index is 0.00257. The van der Waals surface area contributed by atoms with E-state index >= 15 is 0 Å². The molecule has 1 atom stereocenters. The molecule has 1 N–H and O–H groups in total. The molecule has 21 heavy (non-hydrogen) atoms. The van der Waals surface area contributed by atoms with Crippen LogP contribution in [0.5, 0.6) is 0 Å². The summed E-state index contributed by atoms with van der Waals surface area (Å²) in [6, 6.07) is 10.5. The van der Waals surface area contributed by atoms with Gasteiger partial charge in [0.05, 0.1) is 16.1 Å². The van der Waals surface area contributed by atoms with Crippen LogP contribution in [0, 0.1) is 5.82 Å². The standard InChI is InChI=1S/C16H13ClFN3/c1-10(11-2-4-14(18)13(17)8-11)21-12-3-5-15-16(9-12)20-7-6-19-15/h2-10,21H,1H3. The molecular formula is C16H13ClFN3. The van der Waals surface area contributed by atoms with Gasteiger partial charge in [-0.25, -0.2) is 4.39 Å². The minimum Gasteiger partial charge on any atom is -0.378 e.